The molecule has 0 aromatic heterocycles. The molecule has 0 aliphatic rings. The van der Waals surface area contributed by atoms with Crippen molar-refractivity contribution < 1.29 is 0 Å². The van der Waals surface area contributed by atoms with E-state index in [0.29, 0.717) is 0 Å². The number of aryl methyl sites for hydroxylation is 2. The maximum absolute atomic E-state index is 5.69. The second-order valence-corrected chi connectivity index (χ2v) is 5.01. The number of nitrogens with two attached hydrogens (primary N) is 1. The Morgan fingerprint density at radius 3 is 2.67 bits per heavy atom. The van der Waals surface area contributed by atoms with Gasteiger partial charge >= 0.3 is 0 Å². The standard InChI is InChI=1S/C16H26N2/c1-4-5-6-7-8-9-16(18-17)15-11-10-13(2)12-14(15)3/h4,10-12,16,18H,1,5-9,17H2,2-3H3. The summed E-state index contributed by atoms with van der Waals surface area (Å²) >= 11 is 0. The molecule has 18 heavy (non-hydrogen) atoms. The van der Waals surface area contributed by atoms with E-state index >= 15 is 0 Å². The Bertz CT molecular complexity index is 371. The predicted octanol–water partition coefficient (Wildman–Crippen LogP) is 3.94. The quantitative estimate of drug-likeness (QED) is 0.315. The van der Waals surface area contributed by atoms with Crippen LogP contribution in [0.1, 0.15) is 54.8 Å². The molecule has 0 saturated heterocycles. The van der Waals surface area contributed by atoms with Crippen LogP contribution in [0.15, 0.2) is 30.9 Å². The number of benzene rings is 1. The van der Waals surface area contributed by atoms with Crippen LogP contribution in [0.3, 0.4) is 0 Å². The van der Waals surface area contributed by atoms with E-state index in [0.717, 1.165) is 12.8 Å². The van der Waals surface area contributed by atoms with Gasteiger partial charge in [0, 0.05) is 6.04 Å². The zero-order valence-electron chi connectivity index (χ0n) is 11.7. The summed E-state index contributed by atoms with van der Waals surface area (Å²) in [6, 6.07) is 6.84. The minimum atomic E-state index is 0.273. The Balaban J connectivity index is 2.52. The zero-order chi connectivity index (χ0) is 13.4. The Kier molecular flexibility index (Phi) is 6.69. The molecule has 0 aliphatic heterocycles. The van der Waals surface area contributed by atoms with Gasteiger partial charge in [-0.05, 0) is 44.2 Å². The van der Waals surface area contributed by atoms with Gasteiger partial charge in [-0.2, -0.15) is 0 Å². The molecular weight excluding hydrogens is 220 g/mol. The first-order valence-electron chi connectivity index (χ1n) is 6.83. The van der Waals surface area contributed by atoms with Crippen molar-refractivity contribution >= 4 is 0 Å². The smallest absolute Gasteiger partial charge is 0.0462 e. The fourth-order valence-electron chi connectivity index (χ4n) is 2.36. The number of hydrogen-bond donors (Lipinski definition) is 2. The summed E-state index contributed by atoms with van der Waals surface area (Å²) in [5.74, 6) is 5.69. The lowest BCUT2D eigenvalue weighted by molar-refractivity contribution is 0.482. The van der Waals surface area contributed by atoms with Crippen molar-refractivity contribution in [1.82, 2.24) is 5.43 Å². The highest BCUT2D eigenvalue weighted by atomic mass is 15.2. The van der Waals surface area contributed by atoms with Gasteiger partial charge in [-0.25, -0.2) is 0 Å². The van der Waals surface area contributed by atoms with E-state index < -0.39 is 0 Å². The predicted molar refractivity (Wildman–Crippen MR) is 79.3 cm³/mol. The van der Waals surface area contributed by atoms with Gasteiger partial charge in [0.1, 0.15) is 0 Å². The van der Waals surface area contributed by atoms with Gasteiger partial charge in [0.05, 0.1) is 0 Å². The number of allylic oxidation sites excluding steroid dienone is 1. The highest BCUT2D eigenvalue weighted by Crippen LogP contribution is 2.23. The molecule has 0 heterocycles. The summed E-state index contributed by atoms with van der Waals surface area (Å²) in [4.78, 5) is 0. The van der Waals surface area contributed by atoms with E-state index in [1.165, 1.54) is 36.0 Å². The first-order chi connectivity index (χ1) is 8.69. The summed E-state index contributed by atoms with van der Waals surface area (Å²) in [7, 11) is 0. The van der Waals surface area contributed by atoms with E-state index in [9.17, 15) is 0 Å². The first kappa shape index (κ1) is 14.9. The average Bonchev–Trinajstić information content (AvgIpc) is 2.35. The Morgan fingerprint density at radius 1 is 1.28 bits per heavy atom. The van der Waals surface area contributed by atoms with Crippen molar-refractivity contribution in [1.29, 1.82) is 0 Å². The van der Waals surface area contributed by atoms with Gasteiger partial charge in [-0.1, -0.05) is 42.7 Å². The van der Waals surface area contributed by atoms with Gasteiger partial charge in [-0.15, -0.1) is 6.58 Å². The lowest BCUT2D eigenvalue weighted by Gasteiger charge is -2.19. The molecule has 3 N–H and O–H groups in total. The lowest BCUT2D eigenvalue weighted by atomic mass is 9.95. The second kappa shape index (κ2) is 8.06. The topological polar surface area (TPSA) is 38.0 Å². The SMILES string of the molecule is C=CCCCCCC(NN)c1ccc(C)cc1C. The number of hydrazine groups is 1. The molecule has 0 bridgehead atoms. The van der Waals surface area contributed by atoms with Crippen molar-refractivity contribution in [2.45, 2.75) is 52.0 Å². The summed E-state index contributed by atoms with van der Waals surface area (Å²) in [6.45, 7) is 8.02. The molecule has 2 nitrogen and oxygen atoms in total. The van der Waals surface area contributed by atoms with Crippen LogP contribution in [0, 0.1) is 13.8 Å². The van der Waals surface area contributed by atoms with E-state index in [1.807, 2.05) is 6.08 Å². The molecule has 1 aromatic carbocycles. The zero-order valence-corrected chi connectivity index (χ0v) is 11.7. The van der Waals surface area contributed by atoms with Crippen LogP contribution in [0.25, 0.3) is 0 Å². The van der Waals surface area contributed by atoms with Crippen LogP contribution in [0.5, 0.6) is 0 Å². The Hall–Kier alpha value is -1.12. The Morgan fingerprint density at radius 2 is 2.06 bits per heavy atom. The monoisotopic (exact) mass is 246 g/mol. The van der Waals surface area contributed by atoms with Crippen LogP contribution >= 0.6 is 0 Å². The largest absolute Gasteiger partial charge is 0.271 e. The van der Waals surface area contributed by atoms with Gasteiger partial charge in [0.2, 0.25) is 0 Å². The summed E-state index contributed by atoms with van der Waals surface area (Å²) < 4.78 is 0. The van der Waals surface area contributed by atoms with Gasteiger partial charge in [-0.3, -0.25) is 11.3 Å². The first-order valence-corrected chi connectivity index (χ1v) is 6.83. The highest BCUT2D eigenvalue weighted by Gasteiger charge is 2.11. The van der Waals surface area contributed by atoms with Crippen molar-refractivity contribution in [2.75, 3.05) is 0 Å². The Labute approximate surface area is 111 Å². The number of nitrogens with one attached hydrogen (secondary N) is 1. The molecular formula is C16H26N2. The third-order valence-electron chi connectivity index (χ3n) is 3.40. The van der Waals surface area contributed by atoms with Crippen molar-refractivity contribution in [3.8, 4) is 0 Å². The normalized spacial score (nSPS) is 12.4. The second-order valence-electron chi connectivity index (χ2n) is 5.01. The number of rotatable bonds is 8. The van der Waals surface area contributed by atoms with Crippen molar-refractivity contribution in [3.63, 3.8) is 0 Å². The van der Waals surface area contributed by atoms with Crippen LogP contribution in [0.2, 0.25) is 0 Å². The molecule has 0 saturated carbocycles. The fraction of sp³-hybridized carbons (Fsp3) is 0.500. The fourth-order valence-corrected chi connectivity index (χ4v) is 2.36. The molecule has 0 fully saturated rings. The van der Waals surface area contributed by atoms with Crippen LogP contribution in [-0.2, 0) is 0 Å². The summed E-state index contributed by atoms with van der Waals surface area (Å²) in [6.07, 6.45) is 7.88. The number of unbranched alkanes of at least 4 members (excludes halogenated alkanes) is 3. The molecule has 2 heteroatoms. The molecule has 100 valence electrons. The lowest BCUT2D eigenvalue weighted by Crippen LogP contribution is -2.28. The van der Waals surface area contributed by atoms with E-state index in [1.54, 1.807) is 0 Å². The maximum atomic E-state index is 5.69. The maximum Gasteiger partial charge on any atom is 0.0462 e. The van der Waals surface area contributed by atoms with E-state index in [4.69, 9.17) is 5.84 Å². The van der Waals surface area contributed by atoms with Gasteiger partial charge in [0.15, 0.2) is 0 Å². The molecule has 1 aromatic rings. The van der Waals surface area contributed by atoms with Crippen LogP contribution < -0.4 is 11.3 Å². The van der Waals surface area contributed by atoms with E-state index in [-0.39, 0.29) is 6.04 Å². The van der Waals surface area contributed by atoms with E-state index in [2.05, 4.69) is 44.1 Å². The van der Waals surface area contributed by atoms with Crippen molar-refractivity contribution in [2.24, 2.45) is 5.84 Å². The van der Waals surface area contributed by atoms with Gasteiger partial charge < -0.3 is 0 Å². The minimum absolute atomic E-state index is 0.273. The molecule has 0 radical (unpaired) electrons. The third-order valence-corrected chi connectivity index (χ3v) is 3.40. The van der Waals surface area contributed by atoms with Crippen molar-refractivity contribution in [3.05, 3.63) is 47.5 Å². The molecule has 0 spiro atoms. The minimum Gasteiger partial charge on any atom is -0.271 e. The van der Waals surface area contributed by atoms with Crippen LogP contribution in [-0.4, -0.2) is 0 Å². The average molecular weight is 246 g/mol. The van der Waals surface area contributed by atoms with Crippen LogP contribution in [0.4, 0.5) is 0 Å². The van der Waals surface area contributed by atoms with Gasteiger partial charge in [0.25, 0.3) is 0 Å². The highest BCUT2D eigenvalue weighted by molar-refractivity contribution is 5.32. The molecule has 0 amide bonds. The molecule has 1 unspecified atom stereocenters. The molecule has 1 atom stereocenters. The molecule has 1 rings (SSSR count). The third kappa shape index (κ3) is 4.63. The molecule has 0 aliphatic carbocycles. The summed E-state index contributed by atoms with van der Waals surface area (Å²) in [5, 5.41) is 0. The summed E-state index contributed by atoms with van der Waals surface area (Å²) in [5.41, 5.74) is 6.90. The number of hydrogen-bond acceptors (Lipinski definition) is 2.